The molecule has 4 aromatic rings. The summed E-state index contributed by atoms with van der Waals surface area (Å²) in [5, 5.41) is 12.0. The molecule has 0 unspecified atom stereocenters. The van der Waals surface area contributed by atoms with Gasteiger partial charge in [-0.15, -0.1) is 0 Å². The maximum absolute atomic E-state index is 13.0. The largest absolute Gasteiger partial charge is 0.496 e. The molecule has 2 amide bonds. The van der Waals surface area contributed by atoms with Crippen molar-refractivity contribution in [1.82, 2.24) is 29.3 Å². The first-order valence-corrected chi connectivity index (χ1v) is 10.7. The topological polar surface area (TPSA) is 107 Å². The summed E-state index contributed by atoms with van der Waals surface area (Å²) in [5.74, 6) is 0.0849. The molecule has 4 heterocycles. The number of carbonyl (C=O) groups excluding carboxylic acids is 2. The zero-order valence-corrected chi connectivity index (χ0v) is 18.5. The van der Waals surface area contributed by atoms with Gasteiger partial charge in [-0.05, 0) is 30.7 Å². The number of benzene rings is 1. The third-order valence-corrected chi connectivity index (χ3v) is 5.66. The summed E-state index contributed by atoms with van der Waals surface area (Å²) in [5.41, 5.74) is 2.21. The maximum Gasteiger partial charge on any atom is 0.274 e. The van der Waals surface area contributed by atoms with Crippen LogP contribution in [-0.2, 0) is 11.3 Å². The van der Waals surface area contributed by atoms with Crippen LogP contribution in [0, 0.1) is 0 Å². The van der Waals surface area contributed by atoms with E-state index in [2.05, 4.69) is 20.5 Å². The molecule has 1 aromatic carbocycles. The number of nitrogens with zero attached hydrogens (tertiary/aromatic N) is 6. The van der Waals surface area contributed by atoms with Crippen LogP contribution >= 0.6 is 11.6 Å². The number of amides is 2. The van der Waals surface area contributed by atoms with Crippen molar-refractivity contribution in [3.63, 3.8) is 0 Å². The van der Waals surface area contributed by atoms with Crippen molar-refractivity contribution < 1.29 is 14.3 Å². The number of methoxy groups -OCH3 is 1. The zero-order valence-electron chi connectivity index (χ0n) is 17.7. The fourth-order valence-corrected chi connectivity index (χ4v) is 3.76. The van der Waals surface area contributed by atoms with Crippen LogP contribution < -0.4 is 10.1 Å². The van der Waals surface area contributed by atoms with Crippen molar-refractivity contribution >= 4 is 34.7 Å². The monoisotopic (exact) mass is 465 g/mol. The normalized spacial score (nSPS) is 13.1. The summed E-state index contributed by atoms with van der Waals surface area (Å²) in [4.78, 5) is 31.6. The van der Waals surface area contributed by atoms with Gasteiger partial charge in [0.25, 0.3) is 5.91 Å². The molecule has 0 spiro atoms. The molecule has 1 aliphatic rings. The van der Waals surface area contributed by atoms with Crippen LogP contribution in [0.3, 0.4) is 0 Å². The number of hydrogen-bond acceptors (Lipinski definition) is 6. The van der Waals surface area contributed by atoms with Gasteiger partial charge < -0.3 is 15.0 Å². The molecule has 168 valence electrons. The van der Waals surface area contributed by atoms with E-state index < -0.39 is 5.91 Å². The van der Waals surface area contributed by atoms with Crippen LogP contribution in [0.25, 0.3) is 16.9 Å². The summed E-state index contributed by atoms with van der Waals surface area (Å²) >= 11 is 6.22. The predicted octanol–water partition coefficient (Wildman–Crippen LogP) is 2.74. The minimum atomic E-state index is -0.422. The van der Waals surface area contributed by atoms with E-state index in [0.717, 1.165) is 19.5 Å². The summed E-state index contributed by atoms with van der Waals surface area (Å²) in [7, 11) is 1.54. The Hall–Kier alpha value is -3.92. The number of halogens is 1. The second-order valence-electron chi connectivity index (χ2n) is 7.57. The molecular formula is C22H20ClN7O3. The zero-order chi connectivity index (χ0) is 22.9. The highest BCUT2D eigenvalue weighted by Crippen LogP contribution is 2.36. The highest BCUT2D eigenvalue weighted by molar-refractivity contribution is 6.31. The van der Waals surface area contributed by atoms with Crippen molar-refractivity contribution in [2.24, 2.45) is 0 Å². The van der Waals surface area contributed by atoms with Gasteiger partial charge in [0.05, 0.1) is 19.0 Å². The number of rotatable bonds is 6. The van der Waals surface area contributed by atoms with Crippen LogP contribution in [0.5, 0.6) is 5.75 Å². The standard InChI is InChI=1S/C22H20ClN7O3/c1-33-18-4-3-14(23)11-15(18)21-17(12-29(27-21)13-20(31)28-8-2-9-28)26-22(32)16-6-10-30-19(25-16)5-7-24-30/h3-7,10-12H,2,8-9,13H2,1H3,(H,26,32). The molecule has 0 radical (unpaired) electrons. The molecule has 3 aromatic heterocycles. The second kappa shape index (κ2) is 8.55. The Labute approximate surface area is 193 Å². The molecule has 10 nitrogen and oxygen atoms in total. The van der Waals surface area contributed by atoms with Crippen LogP contribution in [0.2, 0.25) is 5.02 Å². The molecule has 1 fully saturated rings. The Balaban J connectivity index is 1.50. The van der Waals surface area contributed by atoms with Gasteiger partial charge >= 0.3 is 0 Å². The number of aromatic nitrogens is 5. The Morgan fingerprint density at radius 3 is 2.82 bits per heavy atom. The van der Waals surface area contributed by atoms with E-state index in [1.807, 2.05) is 0 Å². The van der Waals surface area contributed by atoms with Crippen LogP contribution in [-0.4, -0.2) is 61.3 Å². The highest BCUT2D eigenvalue weighted by Gasteiger charge is 2.23. The lowest BCUT2D eigenvalue weighted by Gasteiger charge is -2.30. The van der Waals surface area contributed by atoms with Gasteiger partial charge in [-0.3, -0.25) is 14.3 Å². The Bertz CT molecular complexity index is 1360. The average Bonchev–Trinajstić information content (AvgIpc) is 3.38. The minimum Gasteiger partial charge on any atom is -0.496 e. The minimum absolute atomic E-state index is 0.0286. The molecule has 1 aliphatic heterocycles. The molecule has 1 N–H and O–H groups in total. The highest BCUT2D eigenvalue weighted by atomic mass is 35.5. The molecule has 0 saturated carbocycles. The quantitative estimate of drug-likeness (QED) is 0.469. The van der Waals surface area contributed by atoms with Crippen LogP contribution in [0.4, 0.5) is 5.69 Å². The average molecular weight is 466 g/mol. The van der Waals surface area contributed by atoms with Crippen molar-refractivity contribution in [2.75, 3.05) is 25.5 Å². The van der Waals surface area contributed by atoms with Crippen molar-refractivity contribution in [2.45, 2.75) is 13.0 Å². The SMILES string of the molecule is COc1ccc(Cl)cc1-c1nn(CC(=O)N2CCC2)cc1NC(=O)c1ccn2nccc2n1. The smallest absolute Gasteiger partial charge is 0.274 e. The number of likely N-dealkylation sites (tertiary alicyclic amines) is 1. The van der Waals surface area contributed by atoms with Gasteiger partial charge in [-0.25, -0.2) is 9.50 Å². The Morgan fingerprint density at radius 2 is 2.06 bits per heavy atom. The number of fused-ring (bicyclic) bond motifs is 1. The van der Waals surface area contributed by atoms with Gasteiger partial charge in [0.2, 0.25) is 5.91 Å². The van der Waals surface area contributed by atoms with Gasteiger partial charge in [-0.1, -0.05) is 11.6 Å². The second-order valence-corrected chi connectivity index (χ2v) is 8.01. The third kappa shape index (κ3) is 4.12. The van der Waals surface area contributed by atoms with E-state index in [-0.39, 0.29) is 18.1 Å². The summed E-state index contributed by atoms with van der Waals surface area (Å²) in [6.45, 7) is 1.56. The van der Waals surface area contributed by atoms with Gasteiger partial charge in [0, 0.05) is 42.1 Å². The fraction of sp³-hybridized carbons (Fsp3) is 0.227. The molecule has 1 saturated heterocycles. The first-order chi connectivity index (χ1) is 16.0. The summed E-state index contributed by atoms with van der Waals surface area (Å²) in [6.07, 6.45) is 5.90. The van der Waals surface area contributed by atoms with E-state index in [4.69, 9.17) is 16.3 Å². The molecule has 0 bridgehead atoms. The lowest BCUT2D eigenvalue weighted by atomic mass is 10.1. The van der Waals surface area contributed by atoms with Gasteiger partial charge in [0.1, 0.15) is 23.7 Å². The van der Waals surface area contributed by atoms with Gasteiger partial charge in [0.15, 0.2) is 5.65 Å². The molecule has 11 heteroatoms. The molecular weight excluding hydrogens is 446 g/mol. The van der Waals surface area contributed by atoms with E-state index in [1.54, 1.807) is 65.4 Å². The lowest BCUT2D eigenvalue weighted by molar-refractivity contribution is -0.135. The van der Waals surface area contributed by atoms with Crippen molar-refractivity contribution in [1.29, 1.82) is 0 Å². The molecule has 33 heavy (non-hydrogen) atoms. The first-order valence-electron chi connectivity index (χ1n) is 10.3. The van der Waals surface area contributed by atoms with E-state index in [9.17, 15) is 9.59 Å². The molecule has 0 atom stereocenters. The van der Waals surface area contributed by atoms with E-state index >= 15 is 0 Å². The number of hydrogen-bond donors (Lipinski definition) is 1. The number of anilines is 1. The number of nitrogens with one attached hydrogen (secondary N) is 1. The van der Waals surface area contributed by atoms with Crippen LogP contribution in [0.15, 0.2) is 48.9 Å². The van der Waals surface area contributed by atoms with Crippen molar-refractivity contribution in [3.8, 4) is 17.0 Å². The van der Waals surface area contributed by atoms with Crippen molar-refractivity contribution in [3.05, 3.63) is 59.6 Å². The van der Waals surface area contributed by atoms with E-state index in [1.165, 1.54) is 4.68 Å². The van der Waals surface area contributed by atoms with E-state index in [0.29, 0.717) is 33.4 Å². The number of ether oxygens (including phenoxy) is 1. The molecule has 5 rings (SSSR count). The summed E-state index contributed by atoms with van der Waals surface area (Å²) < 4.78 is 8.56. The van der Waals surface area contributed by atoms with Gasteiger partial charge in [-0.2, -0.15) is 10.2 Å². The Morgan fingerprint density at radius 1 is 1.21 bits per heavy atom. The number of carbonyl (C=O) groups is 2. The third-order valence-electron chi connectivity index (χ3n) is 5.42. The van der Waals surface area contributed by atoms with Crippen LogP contribution in [0.1, 0.15) is 16.9 Å². The molecule has 0 aliphatic carbocycles. The Kier molecular flexibility index (Phi) is 5.43. The first kappa shape index (κ1) is 21.0. The summed E-state index contributed by atoms with van der Waals surface area (Å²) in [6, 6.07) is 8.42. The predicted molar refractivity (Wildman–Crippen MR) is 121 cm³/mol. The fourth-order valence-electron chi connectivity index (χ4n) is 3.59. The lowest BCUT2D eigenvalue weighted by Crippen LogP contribution is -2.43. The maximum atomic E-state index is 13.0.